The molecule has 1 amide bonds. The predicted octanol–water partition coefficient (Wildman–Crippen LogP) is 2.94. The lowest BCUT2D eigenvalue weighted by Crippen LogP contribution is -2.46. The van der Waals surface area contributed by atoms with E-state index < -0.39 is 5.60 Å². The van der Waals surface area contributed by atoms with E-state index in [0.717, 1.165) is 30.7 Å². The van der Waals surface area contributed by atoms with Crippen molar-refractivity contribution in [1.29, 1.82) is 0 Å². The minimum Gasteiger partial charge on any atom is -0.444 e. The number of alkyl carbamates (subject to hydrolysis) is 1. The average Bonchev–Trinajstić information content (AvgIpc) is 2.80. The van der Waals surface area contributed by atoms with Crippen molar-refractivity contribution in [2.45, 2.75) is 71.8 Å². The number of nitrogens with one attached hydrogen (secondary N) is 1. The quantitative estimate of drug-likeness (QED) is 0.841. The van der Waals surface area contributed by atoms with Gasteiger partial charge in [0.05, 0.1) is 6.67 Å². The molecule has 136 valence electrons. The molecule has 0 aliphatic carbocycles. The number of piperidine rings is 1. The molecule has 1 aromatic heterocycles. The Kier molecular flexibility index (Phi) is 6.03. The molecule has 0 bridgehead atoms. The second-order valence-corrected chi connectivity index (χ2v) is 7.96. The highest BCUT2D eigenvalue weighted by Crippen LogP contribution is 2.14. The van der Waals surface area contributed by atoms with E-state index >= 15 is 0 Å². The Bertz CT molecular complexity index is 609. The van der Waals surface area contributed by atoms with Crippen LogP contribution in [-0.4, -0.2) is 50.1 Å². The van der Waals surface area contributed by atoms with Crippen molar-refractivity contribution in [2.24, 2.45) is 0 Å². The molecule has 1 aliphatic rings. The maximum atomic E-state index is 11.8. The number of nitrogens with zero attached hydrogens (tertiary/aromatic N) is 4. The molecule has 0 atom stereocenters. The largest absolute Gasteiger partial charge is 0.444 e. The predicted molar refractivity (Wildman–Crippen MR) is 95.4 cm³/mol. The van der Waals surface area contributed by atoms with Crippen LogP contribution in [0.1, 0.15) is 53.5 Å². The first-order chi connectivity index (χ1) is 11.2. The van der Waals surface area contributed by atoms with E-state index in [0.29, 0.717) is 12.7 Å². The van der Waals surface area contributed by atoms with Crippen LogP contribution in [0.3, 0.4) is 0 Å². The maximum Gasteiger partial charge on any atom is 0.407 e. The summed E-state index contributed by atoms with van der Waals surface area (Å²) in [5.41, 5.74) is -0.462. The topological polar surface area (TPSA) is 64.3 Å². The third-order valence-electron chi connectivity index (χ3n) is 3.96. The van der Waals surface area contributed by atoms with Gasteiger partial charge in [0.25, 0.3) is 0 Å². The van der Waals surface area contributed by atoms with E-state index in [1.165, 1.54) is 0 Å². The Morgan fingerprint density at radius 1 is 1.42 bits per heavy atom. The molecule has 0 aromatic carbocycles. The maximum absolute atomic E-state index is 11.8. The SMILES string of the molecule is CC(C)n1cnn(CN2CCC(NC(=O)OC(C)(C)C)CC2)c1=S. The van der Waals surface area contributed by atoms with Crippen LogP contribution in [0, 0.1) is 4.77 Å². The van der Waals surface area contributed by atoms with Crippen LogP contribution >= 0.6 is 12.2 Å². The lowest BCUT2D eigenvalue weighted by Gasteiger charge is -2.32. The fourth-order valence-corrected chi connectivity index (χ4v) is 3.05. The van der Waals surface area contributed by atoms with E-state index in [1.54, 1.807) is 6.33 Å². The molecule has 0 radical (unpaired) electrons. The van der Waals surface area contributed by atoms with Crippen molar-refractivity contribution in [2.75, 3.05) is 13.1 Å². The number of carbonyl (C=O) groups is 1. The second kappa shape index (κ2) is 7.65. The van der Waals surface area contributed by atoms with Gasteiger partial charge in [-0.3, -0.25) is 4.90 Å². The minimum atomic E-state index is -0.462. The van der Waals surface area contributed by atoms with Crippen molar-refractivity contribution in [3.8, 4) is 0 Å². The number of rotatable bonds is 4. The number of aromatic nitrogens is 3. The third kappa shape index (κ3) is 5.31. The lowest BCUT2D eigenvalue weighted by atomic mass is 10.1. The van der Waals surface area contributed by atoms with Gasteiger partial charge in [0.15, 0.2) is 4.77 Å². The summed E-state index contributed by atoms with van der Waals surface area (Å²) in [4.78, 5) is 14.1. The summed E-state index contributed by atoms with van der Waals surface area (Å²) in [5, 5.41) is 7.34. The van der Waals surface area contributed by atoms with Crippen LogP contribution in [0.5, 0.6) is 0 Å². The van der Waals surface area contributed by atoms with Crippen LogP contribution in [0.4, 0.5) is 4.79 Å². The van der Waals surface area contributed by atoms with Gasteiger partial charge < -0.3 is 14.6 Å². The fraction of sp³-hybridized carbons (Fsp3) is 0.812. The number of likely N-dealkylation sites (tertiary alicyclic amines) is 1. The zero-order valence-corrected chi connectivity index (χ0v) is 16.1. The molecule has 1 N–H and O–H groups in total. The smallest absolute Gasteiger partial charge is 0.407 e. The molecule has 2 rings (SSSR count). The molecule has 1 aliphatic heterocycles. The monoisotopic (exact) mass is 355 g/mol. The number of amides is 1. The van der Waals surface area contributed by atoms with Gasteiger partial charge in [-0.1, -0.05) is 0 Å². The van der Waals surface area contributed by atoms with Crippen molar-refractivity contribution in [1.82, 2.24) is 24.6 Å². The van der Waals surface area contributed by atoms with Gasteiger partial charge >= 0.3 is 6.09 Å². The van der Waals surface area contributed by atoms with Crippen LogP contribution in [0.2, 0.25) is 0 Å². The molecule has 24 heavy (non-hydrogen) atoms. The average molecular weight is 356 g/mol. The first-order valence-electron chi connectivity index (χ1n) is 8.51. The van der Waals surface area contributed by atoms with Crippen molar-refractivity contribution in [3.63, 3.8) is 0 Å². The van der Waals surface area contributed by atoms with E-state index in [9.17, 15) is 4.79 Å². The summed E-state index contributed by atoms with van der Waals surface area (Å²) in [6.07, 6.45) is 3.26. The molecule has 0 spiro atoms. The Balaban J connectivity index is 1.81. The first-order valence-corrected chi connectivity index (χ1v) is 8.92. The zero-order valence-electron chi connectivity index (χ0n) is 15.3. The Labute approximate surface area is 149 Å². The molecule has 1 saturated heterocycles. The third-order valence-corrected chi connectivity index (χ3v) is 4.38. The molecule has 0 unspecified atom stereocenters. The standard InChI is InChI=1S/C16H29N5O2S/c1-12(2)20-10-17-21(15(20)24)11-19-8-6-13(7-9-19)18-14(22)23-16(3,4)5/h10,12-13H,6-9,11H2,1-5H3,(H,18,22). The van der Waals surface area contributed by atoms with E-state index in [1.807, 2.05) is 30.0 Å². The summed E-state index contributed by atoms with van der Waals surface area (Å²) in [6.45, 7) is 12.3. The van der Waals surface area contributed by atoms with Crippen LogP contribution < -0.4 is 5.32 Å². The van der Waals surface area contributed by atoms with E-state index in [4.69, 9.17) is 17.0 Å². The number of ether oxygens (including phenoxy) is 1. The molecule has 1 aromatic rings. The van der Waals surface area contributed by atoms with Gasteiger partial charge in [-0.05, 0) is 59.7 Å². The molecule has 2 heterocycles. The second-order valence-electron chi connectivity index (χ2n) is 7.59. The van der Waals surface area contributed by atoms with E-state index in [2.05, 4.69) is 29.2 Å². The van der Waals surface area contributed by atoms with Crippen LogP contribution in [0.15, 0.2) is 6.33 Å². The van der Waals surface area contributed by atoms with Crippen molar-refractivity contribution >= 4 is 18.3 Å². The molecule has 0 saturated carbocycles. The first kappa shape index (κ1) is 18.9. The van der Waals surface area contributed by atoms with Gasteiger partial charge in [0, 0.05) is 25.2 Å². The molecule has 1 fully saturated rings. The van der Waals surface area contributed by atoms with Crippen molar-refractivity contribution < 1.29 is 9.53 Å². The Morgan fingerprint density at radius 2 is 2.04 bits per heavy atom. The zero-order chi connectivity index (χ0) is 17.9. The number of hydrogen-bond acceptors (Lipinski definition) is 5. The minimum absolute atomic E-state index is 0.164. The van der Waals surface area contributed by atoms with Crippen molar-refractivity contribution in [3.05, 3.63) is 11.1 Å². The highest BCUT2D eigenvalue weighted by molar-refractivity contribution is 7.71. The normalized spacial score (nSPS) is 17.2. The van der Waals surface area contributed by atoms with Gasteiger partial charge in [-0.2, -0.15) is 5.10 Å². The molecule has 8 heteroatoms. The van der Waals surface area contributed by atoms with Crippen LogP contribution in [-0.2, 0) is 11.4 Å². The Hall–Kier alpha value is -1.41. The summed E-state index contributed by atoms with van der Waals surface area (Å²) in [6, 6.07) is 0.479. The van der Waals surface area contributed by atoms with Crippen LogP contribution in [0.25, 0.3) is 0 Å². The summed E-state index contributed by atoms with van der Waals surface area (Å²) in [7, 11) is 0. The molecular formula is C16H29N5O2S. The van der Waals surface area contributed by atoms with Gasteiger partial charge in [0.1, 0.15) is 11.9 Å². The highest BCUT2D eigenvalue weighted by Gasteiger charge is 2.24. The molecular weight excluding hydrogens is 326 g/mol. The number of carbonyl (C=O) groups excluding carboxylic acids is 1. The fourth-order valence-electron chi connectivity index (χ4n) is 2.68. The summed E-state index contributed by atoms with van der Waals surface area (Å²) in [5.74, 6) is 0. The Morgan fingerprint density at radius 3 is 2.54 bits per heavy atom. The lowest BCUT2D eigenvalue weighted by molar-refractivity contribution is 0.0470. The van der Waals surface area contributed by atoms with Gasteiger partial charge in [0.2, 0.25) is 0 Å². The number of hydrogen-bond donors (Lipinski definition) is 1. The molecule has 7 nitrogen and oxygen atoms in total. The summed E-state index contributed by atoms with van der Waals surface area (Å²) < 4.78 is 9.91. The highest BCUT2D eigenvalue weighted by atomic mass is 32.1. The van der Waals surface area contributed by atoms with E-state index in [-0.39, 0.29) is 12.1 Å². The van der Waals surface area contributed by atoms with Gasteiger partial charge in [-0.25, -0.2) is 9.48 Å². The summed E-state index contributed by atoms with van der Waals surface area (Å²) >= 11 is 5.46. The van der Waals surface area contributed by atoms with Gasteiger partial charge in [-0.15, -0.1) is 0 Å².